The lowest BCUT2D eigenvalue weighted by Gasteiger charge is -2.14. The zero-order valence-electron chi connectivity index (χ0n) is 9.86. The molecule has 1 aliphatic rings. The molecule has 16 heavy (non-hydrogen) atoms. The van der Waals surface area contributed by atoms with Gasteiger partial charge in [-0.15, -0.1) is 0 Å². The first-order valence-electron chi connectivity index (χ1n) is 6.27. The second kappa shape index (κ2) is 6.61. The molecule has 1 aromatic rings. The third-order valence-electron chi connectivity index (χ3n) is 3.08. The van der Waals surface area contributed by atoms with Crippen molar-refractivity contribution < 1.29 is 0 Å². The second-order valence-electron chi connectivity index (χ2n) is 4.44. The Labute approximate surface area is 97.9 Å². The zero-order chi connectivity index (χ0) is 11.1. The van der Waals surface area contributed by atoms with Crippen LogP contribution in [0.3, 0.4) is 0 Å². The van der Waals surface area contributed by atoms with Gasteiger partial charge < -0.3 is 10.2 Å². The molecule has 1 aromatic heterocycles. The van der Waals surface area contributed by atoms with Crippen LogP contribution in [-0.4, -0.2) is 36.1 Å². The van der Waals surface area contributed by atoms with Crippen LogP contribution in [0.2, 0.25) is 0 Å². The maximum Gasteiger partial charge on any atom is 0.0312 e. The summed E-state index contributed by atoms with van der Waals surface area (Å²) in [5.74, 6) is 0. The lowest BCUT2D eigenvalue weighted by atomic mass is 10.3. The van der Waals surface area contributed by atoms with E-state index >= 15 is 0 Å². The number of rotatable bonds is 6. The molecule has 88 valence electrons. The number of hydrogen-bond acceptors (Lipinski definition) is 3. The SMILES string of the molecule is c1cncc(CNCCCN2CCCC2)c1. The van der Waals surface area contributed by atoms with Crippen molar-refractivity contribution in [3.8, 4) is 0 Å². The summed E-state index contributed by atoms with van der Waals surface area (Å²) >= 11 is 0. The van der Waals surface area contributed by atoms with Crippen LogP contribution in [0.15, 0.2) is 24.5 Å². The molecule has 3 nitrogen and oxygen atoms in total. The summed E-state index contributed by atoms with van der Waals surface area (Å²) in [7, 11) is 0. The van der Waals surface area contributed by atoms with Crippen LogP contribution >= 0.6 is 0 Å². The van der Waals surface area contributed by atoms with E-state index in [4.69, 9.17) is 0 Å². The zero-order valence-corrected chi connectivity index (χ0v) is 9.86. The van der Waals surface area contributed by atoms with Crippen LogP contribution in [-0.2, 0) is 6.54 Å². The van der Waals surface area contributed by atoms with E-state index in [9.17, 15) is 0 Å². The minimum atomic E-state index is 0.938. The van der Waals surface area contributed by atoms with Crippen LogP contribution < -0.4 is 5.32 Å². The van der Waals surface area contributed by atoms with Gasteiger partial charge in [0, 0.05) is 18.9 Å². The third-order valence-corrected chi connectivity index (χ3v) is 3.08. The van der Waals surface area contributed by atoms with Gasteiger partial charge in [0.1, 0.15) is 0 Å². The molecular weight excluding hydrogens is 198 g/mol. The van der Waals surface area contributed by atoms with E-state index < -0.39 is 0 Å². The normalized spacial score (nSPS) is 16.8. The molecule has 0 bridgehead atoms. The quantitative estimate of drug-likeness (QED) is 0.738. The van der Waals surface area contributed by atoms with Crippen LogP contribution in [0.4, 0.5) is 0 Å². The monoisotopic (exact) mass is 219 g/mol. The Morgan fingerprint density at radius 3 is 2.94 bits per heavy atom. The lowest BCUT2D eigenvalue weighted by molar-refractivity contribution is 0.331. The molecule has 0 aromatic carbocycles. The van der Waals surface area contributed by atoms with Gasteiger partial charge in [-0.05, 0) is 57.1 Å². The largest absolute Gasteiger partial charge is 0.313 e. The van der Waals surface area contributed by atoms with Crippen molar-refractivity contribution in [1.29, 1.82) is 0 Å². The Morgan fingerprint density at radius 2 is 2.19 bits per heavy atom. The molecule has 0 spiro atoms. The van der Waals surface area contributed by atoms with Gasteiger partial charge in [0.15, 0.2) is 0 Å². The number of likely N-dealkylation sites (tertiary alicyclic amines) is 1. The molecule has 0 amide bonds. The fourth-order valence-electron chi connectivity index (χ4n) is 2.17. The second-order valence-corrected chi connectivity index (χ2v) is 4.44. The molecule has 3 heteroatoms. The minimum absolute atomic E-state index is 0.938. The fraction of sp³-hybridized carbons (Fsp3) is 0.615. The summed E-state index contributed by atoms with van der Waals surface area (Å²) in [6.07, 6.45) is 7.77. The van der Waals surface area contributed by atoms with E-state index in [2.05, 4.69) is 21.3 Å². The highest BCUT2D eigenvalue weighted by molar-refractivity contribution is 5.07. The van der Waals surface area contributed by atoms with E-state index in [0.29, 0.717) is 0 Å². The lowest BCUT2D eigenvalue weighted by Crippen LogP contribution is -2.24. The Hall–Kier alpha value is -0.930. The number of pyridine rings is 1. The van der Waals surface area contributed by atoms with Crippen molar-refractivity contribution >= 4 is 0 Å². The molecule has 1 saturated heterocycles. The molecule has 2 heterocycles. The summed E-state index contributed by atoms with van der Waals surface area (Å²) in [6.45, 7) is 5.91. The molecule has 2 rings (SSSR count). The standard InChI is InChI=1S/C13H21N3/c1-2-9-16(8-1)10-4-7-15-12-13-5-3-6-14-11-13/h3,5-6,11,15H,1-2,4,7-10,12H2. The highest BCUT2D eigenvalue weighted by Gasteiger charge is 2.09. The molecule has 0 unspecified atom stereocenters. The van der Waals surface area contributed by atoms with Crippen molar-refractivity contribution in [3.05, 3.63) is 30.1 Å². The van der Waals surface area contributed by atoms with E-state index in [1.54, 1.807) is 0 Å². The molecule has 0 aliphatic carbocycles. The maximum absolute atomic E-state index is 4.10. The van der Waals surface area contributed by atoms with Gasteiger partial charge in [-0.3, -0.25) is 4.98 Å². The predicted molar refractivity (Wildman–Crippen MR) is 66.2 cm³/mol. The number of nitrogens with one attached hydrogen (secondary N) is 1. The average Bonchev–Trinajstić information content (AvgIpc) is 2.83. The van der Waals surface area contributed by atoms with Gasteiger partial charge in [0.05, 0.1) is 0 Å². The van der Waals surface area contributed by atoms with Gasteiger partial charge in [0.25, 0.3) is 0 Å². The minimum Gasteiger partial charge on any atom is -0.313 e. The molecule has 0 saturated carbocycles. The molecule has 0 atom stereocenters. The molecular formula is C13H21N3. The first-order valence-corrected chi connectivity index (χ1v) is 6.27. The summed E-state index contributed by atoms with van der Waals surface area (Å²) in [5, 5.41) is 3.46. The van der Waals surface area contributed by atoms with E-state index in [-0.39, 0.29) is 0 Å². The van der Waals surface area contributed by atoms with Gasteiger partial charge in [0.2, 0.25) is 0 Å². The van der Waals surface area contributed by atoms with Crippen molar-refractivity contribution in [2.75, 3.05) is 26.2 Å². The first kappa shape index (κ1) is 11.6. The van der Waals surface area contributed by atoms with Gasteiger partial charge in [-0.2, -0.15) is 0 Å². The van der Waals surface area contributed by atoms with Crippen LogP contribution in [0, 0.1) is 0 Å². The highest BCUT2D eigenvalue weighted by atomic mass is 15.1. The first-order chi connectivity index (χ1) is 7.95. The third kappa shape index (κ3) is 3.91. The van der Waals surface area contributed by atoms with Crippen LogP contribution in [0.1, 0.15) is 24.8 Å². The summed E-state index contributed by atoms with van der Waals surface area (Å²) in [5.41, 5.74) is 1.27. The number of hydrogen-bond donors (Lipinski definition) is 1. The number of aromatic nitrogens is 1. The van der Waals surface area contributed by atoms with E-state index in [1.165, 1.54) is 44.5 Å². The van der Waals surface area contributed by atoms with Gasteiger partial charge >= 0.3 is 0 Å². The van der Waals surface area contributed by atoms with Crippen LogP contribution in [0.25, 0.3) is 0 Å². The van der Waals surface area contributed by atoms with Crippen molar-refractivity contribution in [2.45, 2.75) is 25.8 Å². The molecule has 1 N–H and O–H groups in total. The van der Waals surface area contributed by atoms with Gasteiger partial charge in [-0.25, -0.2) is 0 Å². The Balaban J connectivity index is 1.52. The Bertz CT molecular complexity index is 280. The topological polar surface area (TPSA) is 28.2 Å². The Kier molecular flexibility index (Phi) is 4.77. The highest BCUT2D eigenvalue weighted by Crippen LogP contribution is 2.06. The van der Waals surface area contributed by atoms with E-state index in [0.717, 1.165) is 13.1 Å². The maximum atomic E-state index is 4.10. The van der Waals surface area contributed by atoms with Crippen molar-refractivity contribution in [2.24, 2.45) is 0 Å². The summed E-state index contributed by atoms with van der Waals surface area (Å²) in [4.78, 5) is 6.66. The Morgan fingerprint density at radius 1 is 1.31 bits per heavy atom. The number of nitrogens with zero attached hydrogens (tertiary/aromatic N) is 2. The van der Waals surface area contributed by atoms with Crippen molar-refractivity contribution in [3.63, 3.8) is 0 Å². The summed E-state index contributed by atoms with van der Waals surface area (Å²) < 4.78 is 0. The van der Waals surface area contributed by atoms with Crippen molar-refractivity contribution in [1.82, 2.24) is 15.2 Å². The molecule has 0 radical (unpaired) electrons. The summed E-state index contributed by atoms with van der Waals surface area (Å²) in [6, 6.07) is 4.10. The van der Waals surface area contributed by atoms with Crippen LogP contribution in [0.5, 0.6) is 0 Å². The molecule has 1 fully saturated rings. The smallest absolute Gasteiger partial charge is 0.0312 e. The van der Waals surface area contributed by atoms with Gasteiger partial charge in [-0.1, -0.05) is 6.07 Å². The van der Waals surface area contributed by atoms with E-state index in [1.807, 2.05) is 18.5 Å². The average molecular weight is 219 g/mol. The molecule has 1 aliphatic heterocycles. The predicted octanol–water partition coefficient (Wildman–Crippen LogP) is 1.66. The fourth-order valence-corrected chi connectivity index (χ4v) is 2.17.